The third-order valence-corrected chi connectivity index (χ3v) is 8.10. The van der Waals surface area contributed by atoms with Crippen LogP contribution < -0.4 is 0 Å². The lowest BCUT2D eigenvalue weighted by molar-refractivity contribution is 0.562. The lowest BCUT2D eigenvalue weighted by Crippen LogP contribution is -2.33. The summed E-state index contributed by atoms with van der Waals surface area (Å²) >= 11 is 7.84. The molecule has 3 rings (SSSR count). The first-order chi connectivity index (χ1) is 11.2. The molecule has 5 heteroatoms. The first-order valence-corrected chi connectivity index (χ1v) is 10.8. The number of aromatic nitrogens is 2. The number of halogens is 1. The van der Waals surface area contributed by atoms with E-state index in [0.717, 1.165) is 22.7 Å². The van der Waals surface area contributed by atoms with Gasteiger partial charge in [0.05, 0.1) is 10.4 Å². The fraction of sp³-hybridized carbons (Fsp3) is 0.500. The molecule has 0 radical (unpaired) electrons. The minimum atomic E-state index is 0.299. The third kappa shape index (κ3) is 5.04. The molecular weight excluding hydrogens is 388 g/mol. The number of rotatable bonds is 6. The maximum absolute atomic E-state index is 4.21. The quantitative estimate of drug-likeness (QED) is 0.614. The summed E-state index contributed by atoms with van der Waals surface area (Å²) in [5, 5.41) is 0.757. The molecule has 0 N–H and O–H groups in total. The number of thioether (sulfide) groups is 2. The highest BCUT2D eigenvalue weighted by molar-refractivity contribution is 9.10. The van der Waals surface area contributed by atoms with E-state index in [1.54, 1.807) is 0 Å². The summed E-state index contributed by atoms with van der Waals surface area (Å²) in [5.41, 5.74) is 1.44. The summed E-state index contributed by atoms with van der Waals surface area (Å²) in [6, 6.07) is 8.75. The first-order valence-electron chi connectivity index (χ1n) is 8.17. The zero-order chi connectivity index (χ0) is 16.1. The molecule has 0 saturated carbocycles. The molecule has 2 nitrogen and oxygen atoms in total. The molecule has 124 valence electrons. The van der Waals surface area contributed by atoms with E-state index in [1.807, 2.05) is 12.5 Å². The Balaban J connectivity index is 1.62. The minimum Gasteiger partial charge on any atom is -0.335 e. The van der Waals surface area contributed by atoms with Gasteiger partial charge in [-0.15, -0.1) is 23.5 Å². The maximum Gasteiger partial charge on any atom is 0.0946 e. The molecule has 2 aromatic rings. The van der Waals surface area contributed by atoms with Gasteiger partial charge < -0.3 is 4.57 Å². The Morgan fingerprint density at radius 3 is 2.87 bits per heavy atom. The summed E-state index contributed by atoms with van der Waals surface area (Å²) in [6.45, 7) is 3.44. The molecule has 0 amide bonds. The Bertz CT molecular complexity index is 600. The van der Waals surface area contributed by atoms with Crippen molar-refractivity contribution in [1.82, 2.24) is 9.55 Å². The van der Waals surface area contributed by atoms with Crippen LogP contribution in [0, 0.1) is 0 Å². The molecular formula is C18H23BrN2S2. The smallest absolute Gasteiger partial charge is 0.0946 e. The van der Waals surface area contributed by atoms with Gasteiger partial charge in [-0.3, -0.25) is 0 Å². The van der Waals surface area contributed by atoms with E-state index in [4.69, 9.17) is 0 Å². The number of hydrogen-bond acceptors (Lipinski definition) is 3. The first kappa shape index (κ1) is 17.4. The minimum absolute atomic E-state index is 0.299. The number of benzene rings is 1. The predicted octanol–water partition coefficient (Wildman–Crippen LogP) is 5.62. The normalized spacial score (nSPS) is 24.7. The van der Waals surface area contributed by atoms with Gasteiger partial charge in [-0.1, -0.05) is 35.0 Å². The summed E-state index contributed by atoms with van der Waals surface area (Å²) in [6.07, 6.45) is 10.9. The highest BCUT2D eigenvalue weighted by Gasteiger charge is 2.36. The number of aryl methyl sites for hydroxylation is 1. The summed E-state index contributed by atoms with van der Waals surface area (Å²) in [5.74, 6) is 1.28. The van der Waals surface area contributed by atoms with Gasteiger partial charge in [0.15, 0.2) is 0 Å². The second kappa shape index (κ2) is 8.13. The van der Waals surface area contributed by atoms with Crippen molar-refractivity contribution in [3.05, 3.63) is 53.0 Å². The van der Waals surface area contributed by atoms with Crippen LogP contribution in [0.5, 0.6) is 0 Å². The number of hydrogen-bond donors (Lipinski definition) is 0. The number of nitrogens with zero attached hydrogens (tertiary/aromatic N) is 2. The van der Waals surface area contributed by atoms with E-state index in [1.165, 1.54) is 30.6 Å². The second-order valence-electron chi connectivity index (χ2n) is 6.19. The van der Waals surface area contributed by atoms with Crippen molar-refractivity contribution < 1.29 is 0 Å². The van der Waals surface area contributed by atoms with Gasteiger partial charge in [0.25, 0.3) is 0 Å². The second-order valence-corrected chi connectivity index (χ2v) is 10.7. The van der Waals surface area contributed by atoms with Crippen LogP contribution in [0.2, 0.25) is 0 Å². The maximum atomic E-state index is 4.21. The van der Waals surface area contributed by atoms with Crippen molar-refractivity contribution in [3.63, 3.8) is 0 Å². The Hall–Kier alpha value is -0.390. The zero-order valence-corrected chi connectivity index (χ0v) is 16.7. The van der Waals surface area contributed by atoms with Crippen LogP contribution in [-0.2, 0) is 13.0 Å². The van der Waals surface area contributed by atoms with Crippen molar-refractivity contribution in [2.75, 3.05) is 5.75 Å². The van der Waals surface area contributed by atoms with Gasteiger partial charge in [-0.05, 0) is 49.1 Å². The van der Waals surface area contributed by atoms with Crippen LogP contribution >= 0.6 is 39.5 Å². The van der Waals surface area contributed by atoms with E-state index in [9.17, 15) is 0 Å². The molecule has 1 aromatic heterocycles. The molecule has 0 spiro atoms. The summed E-state index contributed by atoms with van der Waals surface area (Å²) in [7, 11) is 0. The lowest BCUT2D eigenvalue weighted by Gasteiger charge is -2.39. The SMILES string of the molecule is CC1CCSC(CCCc2ccc(Br)cc2)(Cn2ccnc2)S1. The molecule has 0 bridgehead atoms. The Kier molecular flexibility index (Phi) is 6.16. The van der Waals surface area contributed by atoms with Crippen molar-refractivity contribution in [2.24, 2.45) is 0 Å². The van der Waals surface area contributed by atoms with Gasteiger partial charge >= 0.3 is 0 Å². The average molecular weight is 411 g/mol. The molecule has 2 unspecified atom stereocenters. The molecule has 1 fully saturated rings. The lowest BCUT2D eigenvalue weighted by atomic mass is 10.1. The van der Waals surface area contributed by atoms with Gasteiger partial charge in [0, 0.05) is 28.7 Å². The number of imidazole rings is 1. The molecule has 1 aliphatic heterocycles. The van der Waals surface area contributed by atoms with Crippen LogP contribution in [0.3, 0.4) is 0 Å². The van der Waals surface area contributed by atoms with Crippen LogP contribution in [0.25, 0.3) is 0 Å². The predicted molar refractivity (Wildman–Crippen MR) is 106 cm³/mol. The van der Waals surface area contributed by atoms with E-state index < -0.39 is 0 Å². The van der Waals surface area contributed by atoms with Gasteiger partial charge in [-0.25, -0.2) is 4.98 Å². The van der Waals surface area contributed by atoms with E-state index in [0.29, 0.717) is 4.08 Å². The van der Waals surface area contributed by atoms with Crippen molar-refractivity contribution in [2.45, 2.75) is 48.5 Å². The summed E-state index contributed by atoms with van der Waals surface area (Å²) < 4.78 is 3.70. The molecule has 2 atom stereocenters. The molecule has 1 aliphatic rings. The Morgan fingerprint density at radius 2 is 2.17 bits per heavy atom. The topological polar surface area (TPSA) is 17.8 Å². The fourth-order valence-electron chi connectivity index (χ4n) is 3.03. The molecule has 1 aromatic carbocycles. The van der Waals surface area contributed by atoms with Crippen LogP contribution in [-0.4, -0.2) is 24.6 Å². The molecule has 1 saturated heterocycles. The highest BCUT2D eigenvalue weighted by atomic mass is 79.9. The van der Waals surface area contributed by atoms with Gasteiger partial charge in [0.1, 0.15) is 0 Å². The van der Waals surface area contributed by atoms with Crippen molar-refractivity contribution in [1.29, 1.82) is 0 Å². The average Bonchev–Trinajstić information content (AvgIpc) is 3.02. The Morgan fingerprint density at radius 1 is 1.35 bits per heavy atom. The van der Waals surface area contributed by atoms with Crippen molar-refractivity contribution >= 4 is 39.5 Å². The summed E-state index contributed by atoms with van der Waals surface area (Å²) in [4.78, 5) is 4.21. The van der Waals surface area contributed by atoms with E-state index in [2.05, 4.69) is 86.4 Å². The molecule has 23 heavy (non-hydrogen) atoms. The van der Waals surface area contributed by atoms with Crippen molar-refractivity contribution in [3.8, 4) is 0 Å². The zero-order valence-electron chi connectivity index (χ0n) is 13.5. The fourth-order valence-corrected chi connectivity index (χ4v) is 7.29. The monoisotopic (exact) mass is 410 g/mol. The van der Waals surface area contributed by atoms with Gasteiger partial charge in [0.2, 0.25) is 0 Å². The van der Waals surface area contributed by atoms with Crippen LogP contribution in [0.15, 0.2) is 47.5 Å². The van der Waals surface area contributed by atoms with Crippen LogP contribution in [0.4, 0.5) is 0 Å². The molecule has 0 aliphatic carbocycles. The standard InChI is InChI=1S/C18H23BrN2S2/c1-15-8-12-22-18(23-15,13-21-11-10-20-14-21)9-2-3-16-4-6-17(19)7-5-16/h4-7,10-11,14-15H,2-3,8-9,12-13H2,1H3. The largest absolute Gasteiger partial charge is 0.335 e. The molecule has 2 heterocycles. The van der Waals surface area contributed by atoms with E-state index in [-0.39, 0.29) is 0 Å². The third-order valence-electron chi connectivity index (χ3n) is 4.22. The highest BCUT2D eigenvalue weighted by Crippen LogP contribution is 2.49. The van der Waals surface area contributed by atoms with Crippen LogP contribution in [0.1, 0.15) is 31.7 Å². The Labute approximate surface area is 156 Å². The van der Waals surface area contributed by atoms with Gasteiger partial charge in [-0.2, -0.15) is 0 Å². The van der Waals surface area contributed by atoms with E-state index >= 15 is 0 Å².